The van der Waals surface area contributed by atoms with Crippen LogP contribution < -0.4 is 10.6 Å². The molecule has 0 saturated heterocycles. The summed E-state index contributed by atoms with van der Waals surface area (Å²) in [5, 5.41) is 20.2. The maximum absolute atomic E-state index is 13.4. The van der Waals surface area contributed by atoms with E-state index in [0.29, 0.717) is 41.2 Å². The van der Waals surface area contributed by atoms with Crippen LogP contribution in [0.15, 0.2) is 41.7 Å². The third-order valence-corrected chi connectivity index (χ3v) is 10.5. The Balaban J connectivity index is 1.32. The summed E-state index contributed by atoms with van der Waals surface area (Å²) in [5.41, 5.74) is 2.06. The fourth-order valence-electron chi connectivity index (χ4n) is 4.92. The van der Waals surface area contributed by atoms with Crippen molar-refractivity contribution in [2.24, 2.45) is 0 Å². The minimum Gasteiger partial charge on any atom is -0.447 e. The molecule has 1 amide bonds. The monoisotopic (exact) mass is 573 g/mol. The summed E-state index contributed by atoms with van der Waals surface area (Å²) in [4.78, 5) is 17.8. The number of nitrogens with zero attached hydrogens (tertiary/aromatic N) is 3. The van der Waals surface area contributed by atoms with E-state index in [1.165, 1.54) is 0 Å². The van der Waals surface area contributed by atoms with Crippen molar-refractivity contribution in [2.45, 2.75) is 87.1 Å². The van der Waals surface area contributed by atoms with Gasteiger partial charge in [0.25, 0.3) is 0 Å². The number of alkyl carbamates (subject to hydrolysis) is 1. The number of carbonyl (C=O) groups excluding carboxylic acids is 1. The lowest BCUT2D eigenvalue weighted by molar-refractivity contribution is 0.109. The molecular formula is C27H35N5O5S2. The van der Waals surface area contributed by atoms with Crippen LogP contribution in [-0.4, -0.2) is 58.4 Å². The van der Waals surface area contributed by atoms with Crippen molar-refractivity contribution in [3.63, 3.8) is 0 Å². The summed E-state index contributed by atoms with van der Waals surface area (Å²) in [7, 11) is -3.47. The first-order valence-electron chi connectivity index (χ1n) is 13.4. The van der Waals surface area contributed by atoms with Gasteiger partial charge in [-0.25, -0.2) is 18.2 Å². The van der Waals surface area contributed by atoms with Crippen LogP contribution >= 0.6 is 11.3 Å². The standard InChI is InChI=1S/C27H35N5O5S2/c1-17(2)37-27(34)31-19-5-3-18(4-6-19)26-28-15-24(38-26)23-10-7-20(13-25(23)39(35,36)22-8-9-22)30-21-14-29-32(16-21)11-12-33/h7,10,13-19,22,30,33H,3-6,8-9,11-12H2,1-2H3,(H,31,34)/t18-,19-. The average Bonchev–Trinajstić information content (AvgIpc) is 3.50. The molecule has 3 aromatic rings. The van der Waals surface area contributed by atoms with Gasteiger partial charge in [0, 0.05) is 35.6 Å². The van der Waals surface area contributed by atoms with E-state index in [-0.39, 0.29) is 36.0 Å². The second kappa shape index (κ2) is 11.6. The molecule has 0 aliphatic heterocycles. The molecule has 2 heterocycles. The minimum absolute atomic E-state index is 0.0122. The summed E-state index contributed by atoms with van der Waals surface area (Å²) in [5.74, 6) is 0.280. The van der Waals surface area contributed by atoms with E-state index in [0.717, 1.165) is 35.6 Å². The van der Waals surface area contributed by atoms with Crippen LogP contribution in [0, 0.1) is 0 Å². The van der Waals surface area contributed by atoms with Gasteiger partial charge in [-0.1, -0.05) is 6.07 Å². The zero-order valence-corrected chi connectivity index (χ0v) is 23.8. The number of benzene rings is 1. The third kappa shape index (κ3) is 6.62. The number of ether oxygens (including phenoxy) is 1. The SMILES string of the molecule is CC(C)OC(=O)N[C@H]1CC[C@H](c2ncc(-c3ccc(Nc4cnn(CCO)c4)cc3S(=O)(=O)C3CC3)s2)CC1. The Bertz CT molecular complexity index is 1410. The van der Waals surface area contributed by atoms with Crippen LogP contribution in [0.3, 0.4) is 0 Å². The molecule has 3 N–H and O–H groups in total. The maximum Gasteiger partial charge on any atom is 0.407 e. The molecule has 0 radical (unpaired) electrons. The van der Waals surface area contributed by atoms with E-state index in [2.05, 4.69) is 15.7 Å². The van der Waals surface area contributed by atoms with Gasteiger partial charge in [0.2, 0.25) is 0 Å². The van der Waals surface area contributed by atoms with Gasteiger partial charge in [-0.15, -0.1) is 11.3 Å². The smallest absolute Gasteiger partial charge is 0.407 e. The molecule has 2 aliphatic rings. The van der Waals surface area contributed by atoms with Gasteiger partial charge >= 0.3 is 6.09 Å². The Morgan fingerprint density at radius 3 is 2.62 bits per heavy atom. The number of aliphatic hydroxyl groups excluding tert-OH is 1. The van der Waals surface area contributed by atoms with Crippen LogP contribution in [0.5, 0.6) is 0 Å². The molecule has 0 spiro atoms. The highest BCUT2D eigenvalue weighted by Gasteiger charge is 2.39. The second-order valence-corrected chi connectivity index (χ2v) is 13.8. The number of hydrogen-bond acceptors (Lipinski definition) is 9. The molecule has 0 atom stereocenters. The van der Waals surface area contributed by atoms with E-state index in [4.69, 9.17) is 14.8 Å². The maximum atomic E-state index is 13.4. The van der Waals surface area contributed by atoms with E-state index in [9.17, 15) is 13.2 Å². The minimum atomic E-state index is -3.47. The molecular weight excluding hydrogens is 538 g/mol. The van der Waals surface area contributed by atoms with Crippen molar-refractivity contribution in [3.8, 4) is 10.4 Å². The quantitative estimate of drug-likeness (QED) is 0.314. The zero-order chi connectivity index (χ0) is 27.6. The van der Waals surface area contributed by atoms with Crippen LogP contribution in [0.1, 0.15) is 63.3 Å². The summed E-state index contributed by atoms with van der Waals surface area (Å²) < 4.78 is 33.7. The highest BCUT2D eigenvalue weighted by Crippen LogP contribution is 2.43. The Labute approximate surface area is 232 Å². The highest BCUT2D eigenvalue weighted by molar-refractivity contribution is 7.92. The van der Waals surface area contributed by atoms with Crippen LogP contribution in [0.4, 0.5) is 16.2 Å². The van der Waals surface area contributed by atoms with Gasteiger partial charge < -0.3 is 20.5 Å². The highest BCUT2D eigenvalue weighted by atomic mass is 32.2. The first kappa shape index (κ1) is 27.6. The largest absolute Gasteiger partial charge is 0.447 e. The number of rotatable bonds is 10. The van der Waals surface area contributed by atoms with Gasteiger partial charge in [-0.2, -0.15) is 5.10 Å². The first-order valence-corrected chi connectivity index (χ1v) is 15.8. The predicted octanol–water partition coefficient (Wildman–Crippen LogP) is 4.84. The Hall–Kier alpha value is -2.96. The molecule has 39 heavy (non-hydrogen) atoms. The Morgan fingerprint density at radius 1 is 1.15 bits per heavy atom. The molecule has 10 nitrogen and oxygen atoms in total. The average molecular weight is 574 g/mol. The lowest BCUT2D eigenvalue weighted by atomic mass is 9.86. The zero-order valence-electron chi connectivity index (χ0n) is 22.2. The predicted molar refractivity (Wildman–Crippen MR) is 150 cm³/mol. The van der Waals surface area contributed by atoms with Crippen molar-refractivity contribution >= 4 is 38.6 Å². The number of anilines is 2. The van der Waals surface area contributed by atoms with Crippen LogP contribution in [-0.2, 0) is 21.1 Å². The van der Waals surface area contributed by atoms with Crippen LogP contribution in [0.2, 0.25) is 0 Å². The van der Waals surface area contributed by atoms with E-state index in [1.54, 1.807) is 40.7 Å². The van der Waals surface area contributed by atoms with Crippen LogP contribution in [0.25, 0.3) is 10.4 Å². The van der Waals surface area contributed by atoms with Gasteiger partial charge in [0.05, 0.1) is 51.2 Å². The summed E-state index contributed by atoms with van der Waals surface area (Å²) >= 11 is 1.55. The molecule has 0 unspecified atom stereocenters. The van der Waals surface area contributed by atoms with Crippen molar-refractivity contribution < 1.29 is 23.1 Å². The van der Waals surface area contributed by atoms with E-state index >= 15 is 0 Å². The molecule has 2 fully saturated rings. The molecule has 2 aliphatic carbocycles. The molecule has 1 aromatic carbocycles. The number of nitrogens with one attached hydrogen (secondary N) is 2. The topological polar surface area (TPSA) is 135 Å². The summed E-state index contributed by atoms with van der Waals surface area (Å²) in [6.07, 6.45) is 9.56. The van der Waals surface area contributed by atoms with Crippen molar-refractivity contribution in [1.82, 2.24) is 20.1 Å². The summed E-state index contributed by atoms with van der Waals surface area (Å²) in [6.45, 7) is 4.04. The number of aliphatic hydroxyl groups is 1. The number of carbonyl (C=O) groups is 1. The molecule has 210 valence electrons. The van der Waals surface area contributed by atoms with Crippen molar-refractivity contribution in [2.75, 3.05) is 11.9 Å². The lowest BCUT2D eigenvalue weighted by Gasteiger charge is -2.28. The first-order chi connectivity index (χ1) is 18.7. The number of sulfone groups is 1. The number of amides is 1. The van der Waals surface area contributed by atoms with E-state index < -0.39 is 9.84 Å². The fourth-order valence-corrected chi connectivity index (χ4v) is 8.00. The third-order valence-electron chi connectivity index (χ3n) is 7.03. The molecule has 2 aromatic heterocycles. The van der Waals surface area contributed by atoms with Gasteiger partial charge in [-0.3, -0.25) is 4.68 Å². The van der Waals surface area contributed by atoms with Crippen molar-refractivity contribution in [1.29, 1.82) is 0 Å². The Kier molecular flexibility index (Phi) is 8.24. The number of thiazole rings is 1. The van der Waals surface area contributed by atoms with Gasteiger partial charge in [0.1, 0.15) is 0 Å². The normalized spacial score (nSPS) is 19.7. The number of hydrogen-bond donors (Lipinski definition) is 3. The molecule has 5 rings (SSSR count). The molecule has 12 heteroatoms. The second-order valence-electron chi connectivity index (χ2n) is 10.5. The van der Waals surface area contributed by atoms with Gasteiger partial charge in [0.15, 0.2) is 9.84 Å². The lowest BCUT2D eigenvalue weighted by Crippen LogP contribution is -2.38. The molecule has 0 bridgehead atoms. The van der Waals surface area contributed by atoms with E-state index in [1.807, 2.05) is 26.0 Å². The Morgan fingerprint density at radius 2 is 1.92 bits per heavy atom. The fraction of sp³-hybridized carbons (Fsp3) is 0.519. The summed E-state index contributed by atoms with van der Waals surface area (Å²) in [6, 6.07) is 5.53. The van der Waals surface area contributed by atoms with Gasteiger partial charge in [-0.05, 0) is 64.5 Å². The number of aromatic nitrogens is 3. The van der Waals surface area contributed by atoms with Crippen molar-refractivity contribution in [3.05, 3.63) is 41.8 Å². The molecule has 2 saturated carbocycles.